The van der Waals surface area contributed by atoms with Gasteiger partial charge in [0.1, 0.15) is 5.60 Å². The molecule has 2 N–H and O–H groups in total. The van der Waals surface area contributed by atoms with E-state index in [2.05, 4.69) is 29.4 Å². The number of carbonyl (C=O) groups excluding carboxylic acids is 1. The summed E-state index contributed by atoms with van der Waals surface area (Å²) in [5.41, 5.74) is -0.430. The van der Waals surface area contributed by atoms with Crippen LogP contribution in [-0.4, -0.2) is 54.4 Å². The van der Waals surface area contributed by atoms with Gasteiger partial charge in [-0.1, -0.05) is 13.8 Å². The Balaban J connectivity index is 1.72. The molecule has 2 fully saturated rings. The minimum Gasteiger partial charge on any atom is -0.444 e. The summed E-state index contributed by atoms with van der Waals surface area (Å²) >= 11 is 0. The van der Waals surface area contributed by atoms with Crippen molar-refractivity contribution in [2.24, 2.45) is 5.92 Å². The van der Waals surface area contributed by atoms with Crippen molar-refractivity contribution in [3.8, 4) is 0 Å². The summed E-state index contributed by atoms with van der Waals surface area (Å²) in [6.07, 6.45) is 5.57. The van der Waals surface area contributed by atoms with Crippen LogP contribution in [0, 0.1) is 5.92 Å². The van der Waals surface area contributed by atoms with E-state index in [0.29, 0.717) is 18.0 Å². The second kappa shape index (κ2) is 8.52. The van der Waals surface area contributed by atoms with E-state index in [9.17, 15) is 4.79 Å². The Hall–Kier alpha value is -0.810. The first-order chi connectivity index (χ1) is 11.2. The molecular weight excluding hydrogens is 302 g/mol. The van der Waals surface area contributed by atoms with Crippen molar-refractivity contribution >= 4 is 6.09 Å². The number of ether oxygens (including phenoxy) is 1. The third kappa shape index (κ3) is 6.25. The van der Waals surface area contributed by atoms with Crippen LogP contribution in [0.1, 0.15) is 66.7 Å². The Morgan fingerprint density at radius 2 is 1.79 bits per heavy atom. The van der Waals surface area contributed by atoms with E-state index >= 15 is 0 Å². The molecule has 1 heterocycles. The monoisotopic (exact) mass is 339 g/mol. The molecule has 5 nitrogen and oxygen atoms in total. The molecule has 0 aromatic heterocycles. The number of rotatable bonds is 6. The second-order valence-electron chi connectivity index (χ2n) is 8.82. The third-order valence-electron chi connectivity index (χ3n) is 5.15. The van der Waals surface area contributed by atoms with Crippen molar-refractivity contribution in [3.05, 3.63) is 0 Å². The van der Waals surface area contributed by atoms with Crippen LogP contribution in [-0.2, 0) is 4.74 Å². The molecule has 3 atom stereocenters. The maximum absolute atomic E-state index is 11.9. The number of hydrogen-bond donors (Lipinski definition) is 2. The van der Waals surface area contributed by atoms with Gasteiger partial charge in [-0.25, -0.2) is 4.79 Å². The fraction of sp³-hybridized carbons (Fsp3) is 0.947. The first kappa shape index (κ1) is 19.5. The van der Waals surface area contributed by atoms with Gasteiger partial charge in [0.15, 0.2) is 0 Å². The van der Waals surface area contributed by atoms with Gasteiger partial charge in [0.2, 0.25) is 0 Å². The fourth-order valence-electron chi connectivity index (χ4n) is 3.92. The van der Waals surface area contributed by atoms with E-state index in [1.54, 1.807) is 0 Å². The maximum Gasteiger partial charge on any atom is 0.407 e. The van der Waals surface area contributed by atoms with Crippen LogP contribution in [0.25, 0.3) is 0 Å². The van der Waals surface area contributed by atoms with Crippen LogP contribution in [0.5, 0.6) is 0 Å². The normalized spacial score (nSPS) is 26.8. The van der Waals surface area contributed by atoms with Gasteiger partial charge in [0, 0.05) is 24.7 Å². The molecule has 24 heavy (non-hydrogen) atoms. The summed E-state index contributed by atoms with van der Waals surface area (Å²) in [6, 6.07) is 1.38. The number of nitrogens with zero attached hydrogens (tertiary/aromatic N) is 1. The highest BCUT2D eigenvalue weighted by Gasteiger charge is 2.30. The maximum atomic E-state index is 11.9. The van der Waals surface area contributed by atoms with Crippen molar-refractivity contribution in [3.63, 3.8) is 0 Å². The lowest BCUT2D eigenvalue weighted by Crippen LogP contribution is -2.46. The number of nitrogens with one attached hydrogen (secondary N) is 2. The first-order valence-corrected chi connectivity index (χ1v) is 9.71. The van der Waals surface area contributed by atoms with Gasteiger partial charge in [-0.05, 0) is 71.9 Å². The van der Waals surface area contributed by atoms with Crippen molar-refractivity contribution in [2.45, 2.75) is 90.4 Å². The van der Waals surface area contributed by atoms with E-state index in [1.165, 1.54) is 25.9 Å². The van der Waals surface area contributed by atoms with Crippen LogP contribution in [0.3, 0.4) is 0 Å². The zero-order chi connectivity index (χ0) is 17.7. The van der Waals surface area contributed by atoms with Gasteiger partial charge >= 0.3 is 6.09 Å². The molecule has 0 spiro atoms. The SMILES string of the molecule is CC(C)C(CNC1CCC(NC(=O)OC(C)(C)C)C1)N1CCCC1. The van der Waals surface area contributed by atoms with E-state index in [-0.39, 0.29) is 12.1 Å². The highest BCUT2D eigenvalue weighted by atomic mass is 16.6. The van der Waals surface area contributed by atoms with Gasteiger partial charge in [0.25, 0.3) is 0 Å². The molecule has 1 saturated carbocycles. The molecule has 0 radical (unpaired) electrons. The summed E-state index contributed by atoms with van der Waals surface area (Å²) in [6.45, 7) is 13.9. The van der Waals surface area contributed by atoms with Crippen LogP contribution in [0.4, 0.5) is 4.79 Å². The number of alkyl carbamates (subject to hydrolysis) is 1. The molecule has 1 saturated heterocycles. The number of hydrogen-bond acceptors (Lipinski definition) is 4. The molecule has 0 bridgehead atoms. The molecule has 3 unspecified atom stereocenters. The van der Waals surface area contributed by atoms with E-state index in [4.69, 9.17) is 4.74 Å². The van der Waals surface area contributed by atoms with Crippen molar-refractivity contribution in [1.82, 2.24) is 15.5 Å². The molecule has 1 aliphatic heterocycles. The van der Waals surface area contributed by atoms with Crippen LogP contribution >= 0.6 is 0 Å². The number of amides is 1. The lowest BCUT2D eigenvalue weighted by molar-refractivity contribution is 0.0505. The van der Waals surface area contributed by atoms with Crippen LogP contribution in [0.15, 0.2) is 0 Å². The lowest BCUT2D eigenvalue weighted by atomic mass is 10.0. The first-order valence-electron chi connectivity index (χ1n) is 9.71. The van der Waals surface area contributed by atoms with E-state index in [1.807, 2.05) is 20.8 Å². The van der Waals surface area contributed by atoms with Gasteiger partial charge in [0.05, 0.1) is 0 Å². The average molecular weight is 340 g/mol. The molecule has 0 aromatic carbocycles. The van der Waals surface area contributed by atoms with Gasteiger partial charge in [-0.3, -0.25) is 4.90 Å². The summed E-state index contributed by atoms with van der Waals surface area (Å²) in [7, 11) is 0. The summed E-state index contributed by atoms with van der Waals surface area (Å²) in [5, 5.41) is 6.78. The molecule has 1 amide bonds. The molecule has 2 aliphatic rings. The Morgan fingerprint density at radius 1 is 1.17 bits per heavy atom. The minimum atomic E-state index is -0.430. The van der Waals surface area contributed by atoms with Crippen LogP contribution < -0.4 is 10.6 Å². The molecule has 5 heteroatoms. The summed E-state index contributed by atoms with van der Waals surface area (Å²) < 4.78 is 5.35. The Labute approximate surface area is 147 Å². The largest absolute Gasteiger partial charge is 0.444 e. The van der Waals surface area contributed by atoms with Gasteiger partial charge < -0.3 is 15.4 Å². The predicted octanol–water partition coefficient (Wildman–Crippen LogP) is 3.14. The third-order valence-corrected chi connectivity index (χ3v) is 5.15. The van der Waals surface area contributed by atoms with Crippen molar-refractivity contribution in [1.29, 1.82) is 0 Å². The standard InChI is InChI=1S/C19H37N3O2/c1-14(2)17(22-10-6-7-11-22)13-20-15-8-9-16(12-15)21-18(23)24-19(3,4)5/h14-17,20H,6-13H2,1-5H3,(H,21,23). The summed E-state index contributed by atoms with van der Waals surface area (Å²) in [4.78, 5) is 14.5. The Bertz CT molecular complexity index is 400. The average Bonchev–Trinajstić information content (AvgIpc) is 3.08. The Morgan fingerprint density at radius 3 is 2.38 bits per heavy atom. The van der Waals surface area contributed by atoms with Crippen LogP contribution in [0.2, 0.25) is 0 Å². The fourth-order valence-corrected chi connectivity index (χ4v) is 3.92. The highest BCUT2D eigenvalue weighted by molar-refractivity contribution is 5.68. The topological polar surface area (TPSA) is 53.6 Å². The zero-order valence-corrected chi connectivity index (χ0v) is 16.2. The van der Waals surface area contributed by atoms with Gasteiger partial charge in [-0.15, -0.1) is 0 Å². The highest BCUT2D eigenvalue weighted by Crippen LogP contribution is 2.22. The lowest BCUT2D eigenvalue weighted by Gasteiger charge is -2.32. The number of likely N-dealkylation sites (tertiary alicyclic amines) is 1. The number of carbonyl (C=O) groups is 1. The van der Waals surface area contributed by atoms with Crippen molar-refractivity contribution < 1.29 is 9.53 Å². The molecule has 0 aromatic rings. The summed E-state index contributed by atoms with van der Waals surface area (Å²) in [5.74, 6) is 0.674. The minimum absolute atomic E-state index is 0.238. The zero-order valence-electron chi connectivity index (χ0n) is 16.2. The van der Waals surface area contributed by atoms with E-state index in [0.717, 1.165) is 25.8 Å². The molecule has 140 valence electrons. The molecule has 2 rings (SSSR count). The molecular formula is C19H37N3O2. The van der Waals surface area contributed by atoms with Gasteiger partial charge in [-0.2, -0.15) is 0 Å². The second-order valence-corrected chi connectivity index (χ2v) is 8.82. The smallest absolute Gasteiger partial charge is 0.407 e. The molecule has 1 aliphatic carbocycles. The Kier molecular flexibility index (Phi) is 6.93. The van der Waals surface area contributed by atoms with Crippen molar-refractivity contribution in [2.75, 3.05) is 19.6 Å². The quantitative estimate of drug-likeness (QED) is 0.780. The van der Waals surface area contributed by atoms with E-state index < -0.39 is 5.60 Å². The predicted molar refractivity (Wildman–Crippen MR) is 98.2 cm³/mol.